The number of hydrogen-bond acceptors (Lipinski definition) is 5. The molecule has 5 nitrogen and oxygen atoms in total. The molecule has 144 valence electrons. The Bertz CT molecular complexity index is 807. The lowest BCUT2D eigenvalue weighted by molar-refractivity contribution is -0.110. The average Bonchev–Trinajstić information content (AvgIpc) is 3.63. The van der Waals surface area contributed by atoms with Crippen LogP contribution >= 0.6 is 0 Å². The summed E-state index contributed by atoms with van der Waals surface area (Å²) in [6.07, 6.45) is 6.98. The molecule has 0 saturated carbocycles. The number of allylic oxidation sites excluding steroid dienone is 2. The molecule has 2 aliphatic heterocycles. The van der Waals surface area contributed by atoms with Crippen molar-refractivity contribution in [2.24, 2.45) is 0 Å². The molecule has 0 amide bonds. The highest BCUT2D eigenvalue weighted by Gasteiger charge is 2.24. The summed E-state index contributed by atoms with van der Waals surface area (Å²) in [5.41, 5.74) is 1.72. The number of epoxide rings is 2. The zero-order valence-corrected chi connectivity index (χ0v) is 15.5. The van der Waals surface area contributed by atoms with Crippen molar-refractivity contribution < 1.29 is 23.7 Å². The molecule has 2 unspecified atom stereocenters. The van der Waals surface area contributed by atoms with E-state index in [9.17, 15) is 4.79 Å². The van der Waals surface area contributed by atoms with E-state index in [-0.39, 0.29) is 18.0 Å². The standard InChI is InChI=1S/C23H22O5/c24-19(11-9-17-5-1-3-7-22(17)27-15-20-13-25-20)12-10-18-6-2-4-8-23(18)28-16-21-14-26-21/h1-12,20-21H,13-16H2. The van der Waals surface area contributed by atoms with E-state index in [0.29, 0.717) is 13.2 Å². The first-order valence-corrected chi connectivity index (χ1v) is 9.35. The molecule has 5 heteroatoms. The molecule has 0 aromatic heterocycles. The van der Waals surface area contributed by atoms with Gasteiger partial charge in [0.05, 0.1) is 13.2 Å². The number of ether oxygens (including phenoxy) is 4. The Morgan fingerprint density at radius 2 is 1.25 bits per heavy atom. The highest BCUT2D eigenvalue weighted by atomic mass is 16.6. The molecule has 0 radical (unpaired) electrons. The normalized spacial score (nSPS) is 20.4. The van der Waals surface area contributed by atoms with Gasteiger partial charge in [-0.1, -0.05) is 36.4 Å². The number of ketones is 1. The number of para-hydroxylation sites is 2. The van der Waals surface area contributed by atoms with E-state index < -0.39 is 0 Å². The Balaban J connectivity index is 1.37. The van der Waals surface area contributed by atoms with E-state index in [1.54, 1.807) is 12.2 Å². The Labute approximate surface area is 164 Å². The zero-order chi connectivity index (χ0) is 19.2. The van der Waals surface area contributed by atoms with Gasteiger partial charge in [0.25, 0.3) is 0 Å². The Morgan fingerprint density at radius 1 is 0.821 bits per heavy atom. The van der Waals surface area contributed by atoms with Crippen molar-refractivity contribution in [3.05, 3.63) is 71.8 Å². The highest BCUT2D eigenvalue weighted by Crippen LogP contribution is 2.23. The predicted molar refractivity (Wildman–Crippen MR) is 106 cm³/mol. The predicted octanol–water partition coefficient (Wildman–Crippen LogP) is 3.54. The molecule has 28 heavy (non-hydrogen) atoms. The average molecular weight is 378 g/mol. The monoisotopic (exact) mass is 378 g/mol. The first kappa shape index (κ1) is 18.5. The Kier molecular flexibility index (Phi) is 5.85. The van der Waals surface area contributed by atoms with E-state index >= 15 is 0 Å². The third-order valence-corrected chi connectivity index (χ3v) is 4.35. The van der Waals surface area contributed by atoms with Crippen LogP contribution in [0.3, 0.4) is 0 Å². The van der Waals surface area contributed by atoms with Crippen molar-refractivity contribution in [2.75, 3.05) is 26.4 Å². The minimum absolute atomic E-state index is 0.111. The second kappa shape index (κ2) is 8.87. The molecule has 0 N–H and O–H groups in total. The van der Waals surface area contributed by atoms with Crippen LogP contribution in [0.25, 0.3) is 12.2 Å². The maximum Gasteiger partial charge on any atom is 0.178 e. The minimum atomic E-state index is -0.111. The van der Waals surface area contributed by atoms with Crippen LogP contribution < -0.4 is 9.47 Å². The third-order valence-electron chi connectivity index (χ3n) is 4.35. The van der Waals surface area contributed by atoms with Gasteiger partial charge in [0.2, 0.25) is 0 Å². The van der Waals surface area contributed by atoms with Crippen molar-refractivity contribution in [2.45, 2.75) is 12.2 Å². The molecule has 0 aliphatic carbocycles. The van der Waals surface area contributed by atoms with Gasteiger partial charge in [0, 0.05) is 11.1 Å². The maximum absolute atomic E-state index is 12.3. The minimum Gasteiger partial charge on any atom is -0.490 e. The highest BCUT2D eigenvalue weighted by molar-refractivity contribution is 6.04. The molecule has 0 bridgehead atoms. The molecule has 2 atom stereocenters. The first-order chi connectivity index (χ1) is 13.8. The molecule has 4 rings (SSSR count). The summed E-state index contributed by atoms with van der Waals surface area (Å²) in [7, 11) is 0. The molecule has 2 heterocycles. The summed E-state index contributed by atoms with van der Waals surface area (Å²) in [4.78, 5) is 12.3. The largest absolute Gasteiger partial charge is 0.490 e. The van der Waals surface area contributed by atoms with Crippen molar-refractivity contribution in [3.8, 4) is 11.5 Å². The molecule has 2 aromatic rings. The summed E-state index contributed by atoms with van der Waals surface area (Å²) in [5.74, 6) is 1.37. The van der Waals surface area contributed by atoms with Gasteiger partial charge in [-0.3, -0.25) is 4.79 Å². The lowest BCUT2D eigenvalue weighted by Crippen LogP contribution is -2.05. The quantitative estimate of drug-likeness (QED) is 0.467. The van der Waals surface area contributed by atoms with Crippen molar-refractivity contribution in [1.82, 2.24) is 0 Å². The van der Waals surface area contributed by atoms with Crippen LogP contribution in [0.5, 0.6) is 11.5 Å². The van der Waals surface area contributed by atoms with E-state index in [2.05, 4.69) is 0 Å². The number of benzene rings is 2. The SMILES string of the molecule is O=C(C=Cc1ccccc1OCC1CO1)C=Cc1ccccc1OCC1CO1. The van der Waals surface area contributed by atoms with Crippen LogP contribution in [0.2, 0.25) is 0 Å². The van der Waals surface area contributed by atoms with Gasteiger partial charge in [0.1, 0.15) is 36.9 Å². The molecule has 2 aromatic carbocycles. The molecular weight excluding hydrogens is 356 g/mol. The lowest BCUT2D eigenvalue weighted by atomic mass is 10.1. The van der Waals surface area contributed by atoms with Crippen LogP contribution in [-0.2, 0) is 14.3 Å². The van der Waals surface area contributed by atoms with Crippen LogP contribution in [0.4, 0.5) is 0 Å². The van der Waals surface area contributed by atoms with Gasteiger partial charge in [-0.2, -0.15) is 0 Å². The van der Waals surface area contributed by atoms with Gasteiger partial charge >= 0.3 is 0 Å². The van der Waals surface area contributed by atoms with Crippen LogP contribution in [-0.4, -0.2) is 44.4 Å². The summed E-state index contributed by atoms with van der Waals surface area (Å²) in [5, 5.41) is 0. The zero-order valence-electron chi connectivity index (χ0n) is 15.5. The van der Waals surface area contributed by atoms with Crippen LogP contribution in [0.15, 0.2) is 60.7 Å². The van der Waals surface area contributed by atoms with E-state index in [4.69, 9.17) is 18.9 Å². The smallest absolute Gasteiger partial charge is 0.178 e. The van der Waals surface area contributed by atoms with Crippen molar-refractivity contribution >= 4 is 17.9 Å². The molecule has 0 spiro atoms. The van der Waals surface area contributed by atoms with Gasteiger partial charge < -0.3 is 18.9 Å². The van der Waals surface area contributed by atoms with Crippen LogP contribution in [0.1, 0.15) is 11.1 Å². The maximum atomic E-state index is 12.3. The summed E-state index contributed by atoms with van der Waals surface area (Å²) in [6.45, 7) is 2.56. The number of hydrogen-bond donors (Lipinski definition) is 0. The van der Waals surface area contributed by atoms with Crippen LogP contribution in [0, 0.1) is 0 Å². The van der Waals surface area contributed by atoms with Gasteiger partial charge in [-0.15, -0.1) is 0 Å². The lowest BCUT2D eigenvalue weighted by Gasteiger charge is -2.07. The third kappa shape index (κ3) is 5.55. The van der Waals surface area contributed by atoms with Crippen molar-refractivity contribution in [3.63, 3.8) is 0 Å². The van der Waals surface area contributed by atoms with E-state index in [1.165, 1.54) is 12.2 Å². The summed E-state index contributed by atoms with van der Waals surface area (Å²) < 4.78 is 21.8. The van der Waals surface area contributed by atoms with Gasteiger partial charge in [-0.25, -0.2) is 0 Å². The fourth-order valence-corrected chi connectivity index (χ4v) is 2.59. The second-order valence-electron chi connectivity index (χ2n) is 6.68. The van der Waals surface area contributed by atoms with Crippen molar-refractivity contribution in [1.29, 1.82) is 0 Å². The fraction of sp³-hybridized carbons (Fsp3) is 0.261. The first-order valence-electron chi connectivity index (χ1n) is 9.35. The van der Waals surface area contributed by atoms with E-state index in [0.717, 1.165) is 35.8 Å². The summed E-state index contributed by atoms with van der Waals surface area (Å²) in [6, 6.07) is 15.3. The molecule has 2 fully saturated rings. The van der Waals surface area contributed by atoms with E-state index in [1.807, 2.05) is 48.5 Å². The number of rotatable bonds is 10. The number of carbonyl (C=O) groups excluding carboxylic acids is 1. The molecular formula is C23H22O5. The topological polar surface area (TPSA) is 60.6 Å². The number of carbonyl (C=O) groups is 1. The molecule has 2 saturated heterocycles. The fourth-order valence-electron chi connectivity index (χ4n) is 2.59. The Hall–Kier alpha value is -2.89. The van der Waals surface area contributed by atoms with Gasteiger partial charge in [-0.05, 0) is 36.4 Å². The Morgan fingerprint density at radius 3 is 1.68 bits per heavy atom. The second-order valence-corrected chi connectivity index (χ2v) is 6.68. The summed E-state index contributed by atoms with van der Waals surface area (Å²) >= 11 is 0. The van der Waals surface area contributed by atoms with Gasteiger partial charge in [0.15, 0.2) is 5.78 Å². The molecule has 2 aliphatic rings.